The molecule has 17 heavy (non-hydrogen) atoms. The third kappa shape index (κ3) is 2.20. The van der Waals surface area contributed by atoms with Crippen LogP contribution in [0.1, 0.15) is 5.56 Å². The summed E-state index contributed by atoms with van der Waals surface area (Å²) >= 11 is 0. The van der Waals surface area contributed by atoms with Gasteiger partial charge in [0.2, 0.25) is 5.78 Å². The van der Waals surface area contributed by atoms with E-state index in [1.165, 1.54) is 24.3 Å². The van der Waals surface area contributed by atoms with Gasteiger partial charge in [0.25, 0.3) is 5.69 Å². The normalized spacial score (nSPS) is 17.3. The maximum Gasteiger partial charge on any atom is 0.342 e. The predicted molar refractivity (Wildman–Crippen MR) is 57.0 cm³/mol. The molecule has 6 heteroatoms. The molecule has 1 saturated heterocycles. The van der Waals surface area contributed by atoms with Crippen LogP contribution in [0, 0.1) is 10.1 Å². The van der Waals surface area contributed by atoms with Crippen LogP contribution in [0.3, 0.4) is 0 Å². The molecule has 1 aliphatic rings. The molecule has 1 aromatic carbocycles. The van der Waals surface area contributed by atoms with E-state index in [1.54, 1.807) is 6.07 Å². The number of hydrogen-bond acceptors (Lipinski definition) is 5. The van der Waals surface area contributed by atoms with Gasteiger partial charge in [-0.15, -0.1) is 0 Å². The van der Waals surface area contributed by atoms with Crippen molar-refractivity contribution in [3.8, 4) is 0 Å². The second-order valence-corrected chi connectivity index (χ2v) is 3.41. The van der Waals surface area contributed by atoms with E-state index in [1.807, 2.05) is 0 Å². The van der Waals surface area contributed by atoms with Crippen LogP contribution in [0.5, 0.6) is 0 Å². The van der Waals surface area contributed by atoms with Gasteiger partial charge in [-0.2, -0.15) is 0 Å². The summed E-state index contributed by atoms with van der Waals surface area (Å²) in [6.45, 7) is -0.264. The number of ketones is 1. The number of ether oxygens (including phenoxy) is 1. The lowest BCUT2D eigenvalue weighted by Gasteiger charge is -1.95. The Bertz CT molecular complexity index is 529. The van der Waals surface area contributed by atoms with Crippen LogP contribution in [0.15, 0.2) is 29.8 Å². The van der Waals surface area contributed by atoms with Gasteiger partial charge >= 0.3 is 5.97 Å². The number of nitrogens with zero attached hydrogens (tertiary/aromatic N) is 1. The zero-order valence-electron chi connectivity index (χ0n) is 8.58. The van der Waals surface area contributed by atoms with Crippen molar-refractivity contribution in [1.29, 1.82) is 0 Å². The molecule has 1 aromatic rings. The highest BCUT2D eigenvalue weighted by Crippen LogP contribution is 2.18. The average molecular weight is 233 g/mol. The first kappa shape index (κ1) is 11.0. The van der Waals surface area contributed by atoms with Crippen molar-refractivity contribution < 1.29 is 19.2 Å². The number of hydrogen-bond donors (Lipinski definition) is 0. The van der Waals surface area contributed by atoms with E-state index in [2.05, 4.69) is 4.74 Å². The fourth-order valence-electron chi connectivity index (χ4n) is 1.43. The summed E-state index contributed by atoms with van der Waals surface area (Å²) < 4.78 is 4.54. The Morgan fingerprint density at radius 2 is 2.12 bits per heavy atom. The predicted octanol–water partition coefficient (Wildman–Crippen LogP) is 1.10. The molecule has 86 valence electrons. The first-order chi connectivity index (χ1) is 8.08. The van der Waals surface area contributed by atoms with Gasteiger partial charge in [0.15, 0.2) is 6.61 Å². The van der Waals surface area contributed by atoms with Crippen molar-refractivity contribution in [3.63, 3.8) is 0 Å². The van der Waals surface area contributed by atoms with Crippen molar-refractivity contribution >= 4 is 23.5 Å². The summed E-state index contributed by atoms with van der Waals surface area (Å²) in [5.41, 5.74) is 0.241. The third-order valence-electron chi connectivity index (χ3n) is 2.25. The number of cyclic esters (lactones) is 1. The van der Waals surface area contributed by atoms with E-state index in [4.69, 9.17) is 0 Å². The fraction of sp³-hybridized carbons (Fsp3) is 0.0909. The Hall–Kier alpha value is -2.50. The molecule has 0 amide bonds. The van der Waals surface area contributed by atoms with Crippen molar-refractivity contribution in [2.24, 2.45) is 0 Å². The number of rotatable bonds is 2. The van der Waals surface area contributed by atoms with Crippen molar-refractivity contribution in [2.75, 3.05) is 6.61 Å². The smallest absolute Gasteiger partial charge is 0.342 e. The quantitative estimate of drug-likeness (QED) is 0.251. The number of nitro groups is 1. The molecular formula is C11H7NO5. The van der Waals surface area contributed by atoms with Crippen LogP contribution < -0.4 is 0 Å². The van der Waals surface area contributed by atoms with Gasteiger partial charge in [-0.05, 0) is 11.6 Å². The van der Waals surface area contributed by atoms with E-state index in [9.17, 15) is 19.7 Å². The van der Waals surface area contributed by atoms with Gasteiger partial charge in [0, 0.05) is 12.1 Å². The van der Waals surface area contributed by atoms with Gasteiger partial charge in [0.05, 0.1) is 4.92 Å². The highest BCUT2D eigenvalue weighted by molar-refractivity contribution is 6.24. The van der Waals surface area contributed by atoms with E-state index in [-0.39, 0.29) is 17.9 Å². The summed E-state index contributed by atoms with van der Waals surface area (Å²) in [4.78, 5) is 32.4. The Balaban J connectivity index is 2.38. The monoisotopic (exact) mass is 233 g/mol. The average Bonchev–Trinajstić information content (AvgIpc) is 2.61. The topological polar surface area (TPSA) is 86.5 Å². The lowest BCUT2D eigenvalue weighted by molar-refractivity contribution is -0.384. The molecule has 0 saturated carbocycles. The van der Waals surface area contributed by atoms with Crippen molar-refractivity contribution in [1.82, 2.24) is 0 Å². The second-order valence-electron chi connectivity index (χ2n) is 3.41. The lowest BCUT2D eigenvalue weighted by Crippen LogP contribution is -2.00. The van der Waals surface area contributed by atoms with Gasteiger partial charge in [-0.25, -0.2) is 4.79 Å². The SMILES string of the molecule is O=C1COC(=O)C1=Cc1cccc([N+](=O)[O-])c1. The van der Waals surface area contributed by atoms with E-state index >= 15 is 0 Å². The highest BCUT2D eigenvalue weighted by Gasteiger charge is 2.27. The summed E-state index contributed by atoms with van der Waals surface area (Å²) in [6, 6.07) is 5.66. The molecule has 2 rings (SSSR count). The molecule has 1 fully saturated rings. The molecule has 0 radical (unpaired) electrons. The van der Waals surface area contributed by atoms with Gasteiger partial charge in [-0.3, -0.25) is 14.9 Å². The van der Waals surface area contributed by atoms with Crippen LogP contribution in [0.25, 0.3) is 6.08 Å². The molecule has 0 aliphatic carbocycles. The lowest BCUT2D eigenvalue weighted by atomic mass is 10.1. The number of carbonyl (C=O) groups excluding carboxylic acids is 2. The van der Waals surface area contributed by atoms with Crippen molar-refractivity contribution in [3.05, 3.63) is 45.5 Å². The Labute approximate surface area is 95.7 Å². The highest BCUT2D eigenvalue weighted by atomic mass is 16.6. The van der Waals surface area contributed by atoms with Gasteiger partial charge in [0.1, 0.15) is 5.57 Å². The van der Waals surface area contributed by atoms with Crippen LogP contribution in [0.2, 0.25) is 0 Å². The summed E-state index contributed by atoms with van der Waals surface area (Å²) in [6.07, 6.45) is 1.30. The second kappa shape index (κ2) is 4.17. The summed E-state index contributed by atoms with van der Waals surface area (Å²) in [5, 5.41) is 10.5. The molecule has 0 atom stereocenters. The van der Waals surface area contributed by atoms with Crippen LogP contribution in [0.4, 0.5) is 5.69 Å². The van der Waals surface area contributed by atoms with Crippen LogP contribution in [-0.2, 0) is 14.3 Å². The maximum absolute atomic E-state index is 11.3. The first-order valence-corrected chi connectivity index (χ1v) is 4.74. The minimum Gasteiger partial charge on any atom is -0.454 e. The van der Waals surface area contributed by atoms with E-state index < -0.39 is 16.7 Å². The Kier molecular flexibility index (Phi) is 2.70. The van der Waals surface area contributed by atoms with E-state index in [0.29, 0.717) is 5.56 Å². The molecule has 1 aliphatic heterocycles. The van der Waals surface area contributed by atoms with Gasteiger partial charge in [-0.1, -0.05) is 12.1 Å². The van der Waals surface area contributed by atoms with Gasteiger partial charge < -0.3 is 4.74 Å². The maximum atomic E-state index is 11.3. The number of benzene rings is 1. The zero-order valence-corrected chi connectivity index (χ0v) is 8.58. The van der Waals surface area contributed by atoms with Crippen molar-refractivity contribution in [2.45, 2.75) is 0 Å². The minimum absolute atomic E-state index is 0.0782. The number of nitro benzene ring substituents is 1. The first-order valence-electron chi connectivity index (χ1n) is 4.74. The fourth-order valence-corrected chi connectivity index (χ4v) is 1.43. The molecular weight excluding hydrogens is 226 g/mol. The molecule has 0 unspecified atom stereocenters. The van der Waals surface area contributed by atoms with Crippen LogP contribution >= 0.6 is 0 Å². The zero-order chi connectivity index (χ0) is 12.4. The largest absolute Gasteiger partial charge is 0.454 e. The minimum atomic E-state index is -0.693. The molecule has 0 bridgehead atoms. The number of carbonyl (C=O) groups is 2. The number of non-ortho nitro benzene ring substituents is 1. The molecule has 1 heterocycles. The molecule has 0 spiro atoms. The molecule has 0 N–H and O–H groups in total. The number of esters is 1. The number of Topliss-reactive ketones (excluding diaryl/α,β-unsaturated/α-hetero) is 1. The standard InChI is InChI=1S/C11H7NO5/c13-10-6-17-11(14)9(10)5-7-2-1-3-8(4-7)12(15)16/h1-5H,6H2. The molecule has 6 nitrogen and oxygen atoms in total. The Morgan fingerprint density at radius 1 is 1.35 bits per heavy atom. The van der Waals surface area contributed by atoms with E-state index in [0.717, 1.165) is 0 Å². The van der Waals surface area contributed by atoms with Crippen LogP contribution in [-0.4, -0.2) is 23.3 Å². The summed E-state index contributed by atoms with van der Waals surface area (Å²) in [5.74, 6) is -1.11. The molecule has 0 aromatic heterocycles. The third-order valence-corrected chi connectivity index (χ3v) is 2.25. The Morgan fingerprint density at radius 3 is 2.71 bits per heavy atom. The summed E-state index contributed by atoms with van der Waals surface area (Å²) in [7, 11) is 0.